The van der Waals surface area contributed by atoms with Crippen LogP contribution in [-0.2, 0) is 17.1 Å². The van der Waals surface area contributed by atoms with Crippen LogP contribution in [-0.4, -0.2) is 54.3 Å². The molecule has 1 aliphatic heterocycles. The van der Waals surface area contributed by atoms with Crippen LogP contribution in [0.5, 0.6) is 0 Å². The Kier molecular flexibility index (Phi) is 5.52. The summed E-state index contributed by atoms with van der Waals surface area (Å²) >= 11 is 3.30. The number of fused-ring (bicyclic) bond motifs is 1. The standard InChI is InChI=1S/C21H20BrN3O4S/c1-23-19-8-3-2-7-17(19)18(14-20(23)26)21(27)24-9-11-25(12-10-24)30(28,29)16-6-4-5-15(22)13-16/h2-8,13-14H,9-12H2,1H3. The van der Waals surface area contributed by atoms with E-state index in [0.717, 1.165) is 0 Å². The molecule has 2 aromatic carbocycles. The van der Waals surface area contributed by atoms with Crippen molar-refractivity contribution in [3.63, 3.8) is 0 Å². The number of sulfonamides is 1. The van der Waals surface area contributed by atoms with E-state index in [2.05, 4.69) is 15.9 Å². The average molecular weight is 490 g/mol. The highest BCUT2D eigenvalue weighted by Gasteiger charge is 2.31. The van der Waals surface area contributed by atoms with Crippen molar-refractivity contribution in [2.24, 2.45) is 7.05 Å². The molecule has 156 valence electrons. The summed E-state index contributed by atoms with van der Waals surface area (Å²) in [6.07, 6.45) is 0. The number of pyridine rings is 1. The van der Waals surface area contributed by atoms with Crippen LogP contribution in [0.25, 0.3) is 10.9 Å². The number of rotatable bonds is 3. The van der Waals surface area contributed by atoms with Gasteiger partial charge in [-0.3, -0.25) is 9.59 Å². The third kappa shape index (κ3) is 3.68. The molecule has 1 saturated heterocycles. The second-order valence-corrected chi connectivity index (χ2v) is 9.98. The van der Waals surface area contributed by atoms with Gasteiger partial charge >= 0.3 is 0 Å². The molecule has 4 rings (SSSR count). The minimum absolute atomic E-state index is 0.198. The van der Waals surface area contributed by atoms with Gasteiger partial charge in [-0.1, -0.05) is 40.2 Å². The maximum absolute atomic E-state index is 13.2. The molecule has 3 aromatic rings. The molecule has 0 atom stereocenters. The van der Waals surface area contributed by atoms with E-state index in [0.29, 0.717) is 20.9 Å². The van der Waals surface area contributed by atoms with E-state index in [1.54, 1.807) is 42.3 Å². The molecule has 0 aliphatic carbocycles. The largest absolute Gasteiger partial charge is 0.336 e. The Morgan fingerprint density at radius 3 is 2.37 bits per heavy atom. The highest BCUT2D eigenvalue weighted by Crippen LogP contribution is 2.23. The Bertz CT molecular complexity index is 1300. The number of carbonyl (C=O) groups excluding carboxylic acids is 1. The summed E-state index contributed by atoms with van der Waals surface area (Å²) in [4.78, 5) is 27.3. The van der Waals surface area contributed by atoms with Gasteiger partial charge in [-0.05, 0) is 24.3 Å². The van der Waals surface area contributed by atoms with Crippen LogP contribution in [0.3, 0.4) is 0 Å². The number of carbonyl (C=O) groups is 1. The number of benzene rings is 2. The van der Waals surface area contributed by atoms with Crippen LogP contribution < -0.4 is 5.56 Å². The monoisotopic (exact) mass is 489 g/mol. The highest BCUT2D eigenvalue weighted by molar-refractivity contribution is 9.10. The van der Waals surface area contributed by atoms with Gasteiger partial charge in [0.25, 0.3) is 11.5 Å². The van der Waals surface area contributed by atoms with E-state index in [1.165, 1.54) is 14.9 Å². The van der Waals surface area contributed by atoms with Gasteiger partial charge in [-0.2, -0.15) is 4.31 Å². The fourth-order valence-electron chi connectivity index (χ4n) is 3.67. The molecule has 7 nitrogen and oxygen atoms in total. The summed E-state index contributed by atoms with van der Waals surface area (Å²) in [5.41, 5.74) is 0.772. The van der Waals surface area contributed by atoms with Crippen molar-refractivity contribution in [2.45, 2.75) is 4.90 Å². The minimum atomic E-state index is -3.63. The number of hydrogen-bond acceptors (Lipinski definition) is 4. The van der Waals surface area contributed by atoms with Crippen LogP contribution in [0.1, 0.15) is 10.4 Å². The quantitative estimate of drug-likeness (QED) is 0.565. The average Bonchev–Trinajstić information content (AvgIpc) is 2.76. The van der Waals surface area contributed by atoms with E-state index in [1.807, 2.05) is 18.2 Å². The summed E-state index contributed by atoms with van der Waals surface area (Å²) in [7, 11) is -1.96. The van der Waals surface area contributed by atoms with Gasteiger partial charge in [0.2, 0.25) is 10.0 Å². The first-order chi connectivity index (χ1) is 14.3. The smallest absolute Gasteiger partial charge is 0.254 e. The van der Waals surface area contributed by atoms with Gasteiger partial charge in [0.15, 0.2) is 0 Å². The lowest BCUT2D eigenvalue weighted by Gasteiger charge is -2.34. The van der Waals surface area contributed by atoms with E-state index in [4.69, 9.17) is 0 Å². The Morgan fingerprint density at radius 1 is 0.967 bits per heavy atom. The molecule has 30 heavy (non-hydrogen) atoms. The van der Waals surface area contributed by atoms with E-state index in [9.17, 15) is 18.0 Å². The zero-order valence-electron chi connectivity index (χ0n) is 16.3. The number of halogens is 1. The van der Waals surface area contributed by atoms with E-state index < -0.39 is 10.0 Å². The lowest BCUT2D eigenvalue weighted by atomic mass is 10.1. The predicted octanol–water partition coefficient (Wildman–Crippen LogP) is 2.45. The first-order valence-corrected chi connectivity index (χ1v) is 11.7. The molecule has 1 aromatic heterocycles. The Balaban J connectivity index is 1.57. The summed E-state index contributed by atoms with van der Waals surface area (Å²) in [5.74, 6) is -0.261. The molecule has 9 heteroatoms. The van der Waals surface area contributed by atoms with E-state index in [-0.39, 0.29) is 42.5 Å². The fourth-order valence-corrected chi connectivity index (χ4v) is 5.69. The minimum Gasteiger partial charge on any atom is -0.336 e. The summed E-state index contributed by atoms with van der Waals surface area (Å²) in [5, 5.41) is 0.703. The fraction of sp³-hybridized carbons (Fsp3) is 0.238. The van der Waals surface area contributed by atoms with Crippen molar-refractivity contribution in [3.8, 4) is 0 Å². The molecule has 2 heterocycles. The Hall–Kier alpha value is -2.49. The van der Waals surface area contributed by atoms with Crippen LogP contribution in [0.15, 0.2) is 68.8 Å². The maximum Gasteiger partial charge on any atom is 0.254 e. The third-order valence-electron chi connectivity index (χ3n) is 5.34. The number of nitrogens with zero attached hydrogens (tertiary/aromatic N) is 3. The summed E-state index contributed by atoms with van der Waals surface area (Å²) in [6.45, 7) is 0.915. The molecule has 0 bridgehead atoms. The molecule has 0 unspecified atom stereocenters. The SMILES string of the molecule is Cn1c(=O)cc(C(=O)N2CCN(S(=O)(=O)c3cccc(Br)c3)CC2)c2ccccc21. The van der Waals surface area contributed by atoms with Crippen molar-refractivity contribution >= 4 is 42.8 Å². The van der Waals surface area contributed by atoms with Gasteiger partial charge in [-0.25, -0.2) is 8.42 Å². The summed E-state index contributed by atoms with van der Waals surface area (Å²) in [6, 6.07) is 15.2. The number of para-hydroxylation sites is 1. The summed E-state index contributed by atoms with van der Waals surface area (Å²) < 4.78 is 29.4. The van der Waals surface area contributed by atoms with Crippen molar-refractivity contribution in [1.29, 1.82) is 0 Å². The molecule has 1 aliphatic rings. The highest BCUT2D eigenvalue weighted by atomic mass is 79.9. The normalized spacial score (nSPS) is 15.5. The van der Waals surface area contributed by atoms with Gasteiger partial charge < -0.3 is 9.47 Å². The van der Waals surface area contributed by atoms with Crippen molar-refractivity contribution in [2.75, 3.05) is 26.2 Å². The van der Waals surface area contributed by atoms with Crippen LogP contribution >= 0.6 is 15.9 Å². The van der Waals surface area contributed by atoms with Crippen LogP contribution in [0.4, 0.5) is 0 Å². The zero-order chi connectivity index (χ0) is 21.5. The van der Waals surface area contributed by atoms with Crippen molar-refractivity contribution in [3.05, 3.63) is 75.0 Å². The molecular formula is C21H20BrN3O4S. The molecule has 1 fully saturated rings. The number of aryl methyl sites for hydroxylation is 1. The second-order valence-electron chi connectivity index (χ2n) is 7.13. The maximum atomic E-state index is 13.2. The van der Waals surface area contributed by atoms with Crippen molar-refractivity contribution in [1.82, 2.24) is 13.8 Å². The third-order valence-corrected chi connectivity index (χ3v) is 7.73. The molecule has 0 spiro atoms. The first-order valence-electron chi connectivity index (χ1n) is 9.43. The van der Waals surface area contributed by atoms with Gasteiger partial charge in [-0.15, -0.1) is 0 Å². The van der Waals surface area contributed by atoms with Gasteiger partial charge in [0, 0.05) is 49.2 Å². The zero-order valence-corrected chi connectivity index (χ0v) is 18.7. The Labute approximate surface area is 182 Å². The molecular weight excluding hydrogens is 470 g/mol. The topological polar surface area (TPSA) is 79.7 Å². The molecule has 0 saturated carbocycles. The molecule has 1 amide bonds. The lowest BCUT2D eigenvalue weighted by Crippen LogP contribution is -2.50. The lowest BCUT2D eigenvalue weighted by molar-refractivity contribution is 0.0699. The van der Waals surface area contributed by atoms with Crippen LogP contribution in [0.2, 0.25) is 0 Å². The second kappa shape index (κ2) is 7.98. The van der Waals surface area contributed by atoms with E-state index >= 15 is 0 Å². The molecule has 0 N–H and O–H groups in total. The van der Waals surface area contributed by atoms with Gasteiger partial charge in [0.1, 0.15) is 0 Å². The van der Waals surface area contributed by atoms with Gasteiger partial charge in [0.05, 0.1) is 16.0 Å². The van der Waals surface area contributed by atoms with Crippen LogP contribution in [0, 0.1) is 0 Å². The molecule has 0 radical (unpaired) electrons. The number of amides is 1. The number of piperazine rings is 1. The number of hydrogen-bond donors (Lipinski definition) is 0. The number of aromatic nitrogens is 1. The predicted molar refractivity (Wildman–Crippen MR) is 118 cm³/mol. The van der Waals surface area contributed by atoms with Crippen molar-refractivity contribution < 1.29 is 13.2 Å². The Morgan fingerprint density at radius 2 is 1.67 bits per heavy atom. The first kappa shape index (κ1) is 20.8.